The molecule has 0 aromatic carbocycles. The maximum atomic E-state index is 12.2. The summed E-state index contributed by atoms with van der Waals surface area (Å²) in [6, 6.07) is 3.26. The highest BCUT2D eigenvalue weighted by molar-refractivity contribution is 7.09. The Morgan fingerprint density at radius 2 is 2.38 bits per heavy atom. The molecule has 3 aromatic rings. The third kappa shape index (κ3) is 2.57. The summed E-state index contributed by atoms with van der Waals surface area (Å²) >= 11 is 1.58. The molecule has 0 saturated heterocycles. The van der Waals surface area contributed by atoms with Gasteiger partial charge in [-0.05, 0) is 18.6 Å². The molecule has 3 heterocycles. The number of thiazole rings is 1. The van der Waals surface area contributed by atoms with Crippen LogP contribution in [-0.4, -0.2) is 25.5 Å². The summed E-state index contributed by atoms with van der Waals surface area (Å²) < 4.78 is 1.30. The van der Waals surface area contributed by atoms with Gasteiger partial charge in [-0.2, -0.15) is 5.10 Å². The third-order valence-electron chi connectivity index (χ3n) is 3.02. The Bertz CT molecular complexity index is 847. The van der Waals surface area contributed by atoms with E-state index >= 15 is 0 Å². The first kappa shape index (κ1) is 13.5. The van der Waals surface area contributed by atoms with E-state index in [4.69, 9.17) is 0 Å². The van der Waals surface area contributed by atoms with Crippen LogP contribution in [0.5, 0.6) is 0 Å². The van der Waals surface area contributed by atoms with Crippen LogP contribution in [0.25, 0.3) is 5.65 Å². The lowest BCUT2D eigenvalue weighted by Crippen LogP contribution is -2.24. The first-order chi connectivity index (χ1) is 10.2. The highest BCUT2D eigenvalue weighted by atomic mass is 32.1. The molecule has 21 heavy (non-hydrogen) atoms. The number of fused-ring (bicyclic) bond motifs is 1. The maximum Gasteiger partial charge on any atom is 0.347 e. The molecule has 2 N–H and O–H groups in total. The minimum absolute atomic E-state index is 0.286. The Morgan fingerprint density at radius 3 is 3.14 bits per heavy atom. The first-order valence-corrected chi connectivity index (χ1v) is 7.34. The van der Waals surface area contributed by atoms with E-state index in [1.165, 1.54) is 4.40 Å². The average molecular weight is 303 g/mol. The molecule has 0 aliphatic carbocycles. The van der Waals surface area contributed by atoms with Crippen LogP contribution >= 0.6 is 11.3 Å². The molecule has 108 valence electrons. The topological polar surface area (TPSA) is 92.2 Å². The van der Waals surface area contributed by atoms with Gasteiger partial charge in [0.15, 0.2) is 5.65 Å². The fraction of sp³-hybridized carbons (Fsp3) is 0.231. The lowest BCUT2D eigenvalue weighted by molar-refractivity contribution is 0.0951. The molecule has 0 aliphatic heterocycles. The van der Waals surface area contributed by atoms with Crippen LogP contribution in [0.15, 0.2) is 28.5 Å². The third-order valence-corrected chi connectivity index (χ3v) is 4.06. The number of pyridine rings is 1. The van der Waals surface area contributed by atoms with Gasteiger partial charge in [0.05, 0.1) is 22.8 Å². The zero-order chi connectivity index (χ0) is 14.8. The number of aryl methyl sites for hydroxylation is 1. The van der Waals surface area contributed by atoms with Gasteiger partial charge >= 0.3 is 5.69 Å². The Kier molecular flexibility index (Phi) is 3.53. The van der Waals surface area contributed by atoms with Crippen molar-refractivity contribution < 1.29 is 4.79 Å². The highest BCUT2D eigenvalue weighted by Gasteiger charge is 2.13. The van der Waals surface area contributed by atoms with Crippen molar-refractivity contribution in [3.63, 3.8) is 0 Å². The quantitative estimate of drug-likeness (QED) is 0.751. The van der Waals surface area contributed by atoms with Crippen LogP contribution in [0.1, 0.15) is 28.0 Å². The summed E-state index contributed by atoms with van der Waals surface area (Å²) in [5, 5.41) is 11.9. The molecule has 0 atom stereocenters. The molecule has 7 nitrogen and oxygen atoms in total. The van der Waals surface area contributed by atoms with Crippen LogP contribution in [0.4, 0.5) is 0 Å². The van der Waals surface area contributed by atoms with E-state index in [0.29, 0.717) is 17.8 Å². The molecule has 0 fully saturated rings. The highest BCUT2D eigenvalue weighted by Crippen LogP contribution is 2.10. The van der Waals surface area contributed by atoms with Crippen molar-refractivity contribution in [2.24, 2.45) is 0 Å². The van der Waals surface area contributed by atoms with Crippen molar-refractivity contribution in [1.82, 2.24) is 24.9 Å². The number of aromatic amines is 1. The fourth-order valence-corrected chi connectivity index (χ4v) is 2.71. The van der Waals surface area contributed by atoms with Gasteiger partial charge in [0.25, 0.3) is 5.91 Å². The number of amides is 1. The van der Waals surface area contributed by atoms with Gasteiger partial charge < -0.3 is 5.32 Å². The molecule has 3 aromatic heterocycles. The molecule has 1 amide bonds. The monoisotopic (exact) mass is 303 g/mol. The molecular formula is C13H13N5O2S. The fourth-order valence-electron chi connectivity index (χ4n) is 1.97. The van der Waals surface area contributed by atoms with Crippen LogP contribution in [0, 0.1) is 0 Å². The largest absolute Gasteiger partial charge is 0.347 e. The van der Waals surface area contributed by atoms with Crippen molar-refractivity contribution in [3.8, 4) is 0 Å². The van der Waals surface area contributed by atoms with E-state index < -0.39 is 0 Å². The molecule has 0 aliphatic rings. The van der Waals surface area contributed by atoms with E-state index in [-0.39, 0.29) is 11.6 Å². The summed E-state index contributed by atoms with van der Waals surface area (Å²) in [6.45, 7) is 2.39. The molecule has 0 bridgehead atoms. The molecule has 0 unspecified atom stereocenters. The standard InChI is InChI=1S/C13H13N5O2S/c1-2-10-15-8(7-21-10)6-14-12(19)9-4-3-5-18-11(9)16-17-13(18)20/h3-5,7H,2,6H2,1H3,(H,14,19)(H,17,20). The summed E-state index contributed by atoms with van der Waals surface area (Å²) in [4.78, 5) is 28.1. The molecule has 0 spiro atoms. The van der Waals surface area contributed by atoms with Gasteiger partial charge in [-0.25, -0.2) is 19.3 Å². The zero-order valence-corrected chi connectivity index (χ0v) is 12.1. The van der Waals surface area contributed by atoms with Crippen LogP contribution in [0.3, 0.4) is 0 Å². The second-order valence-electron chi connectivity index (χ2n) is 4.41. The normalized spacial score (nSPS) is 10.9. The number of nitrogens with one attached hydrogen (secondary N) is 2. The number of aromatic nitrogens is 4. The number of H-pyrrole nitrogens is 1. The molecule has 3 rings (SSSR count). The maximum absolute atomic E-state index is 12.2. The van der Waals surface area contributed by atoms with Gasteiger partial charge in [-0.3, -0.25) is 4.79 Å². The van der Waals surface area contributed by atoms with Crippen LogP contribution in [0.2, 0.25) is 0 Å². The number of hydrogen-bond acceptors (Lipinski definition) is 5. The van der Waals surface area contributed by atoms with E-state index in [0.717, 1.165) is 17.1 Å². The summed E-state index contributed by atoms with van der Waals surface area (Å²) in [7, 11) is 0. The summed E-state index contributed by atoms with van der Waals surface area (Å²) in [5.41, 5.74) is 1.12. The summed E-state index contributed by atoms with van der Waals surface area (Å²) in [5.74, 6) is -0.286. The van der Waals surface area contributed by atoms with Gasteiger partial charge in [0, 0.05) is 11.6 Å². The predicted octanol–water partition coefficient (Wildman–Crippen LogP) is 0.972. The predicted molar refractivity (Wildman–Crippen MR) is 78.5 cm³/mol. The van der Waals surface area contributed by atoms with Crippen molar-refractivity contribution in [1.29, 1.82) is 0 Å². The average Bonchev–Trinajstić information content (AvgIpc) is 3.12. The van der Waals surface area contributed by atoms with E-state index in [1.54, 1.807) is 29.7 Å². The van der Waals surface area contributed by atoms with Gasteiger partial charge in [0.2, 0.25) is 0 Å². The minimum Gasteiger partial charge on any atom is -0.346 e. The number of carbonyl (C=O) groups is 1. The minimum atomic E-state index is -0.369. The Labute approximate surface area is 123 Å². The van der Waals surface area contributed by atoms with Crippen LogP contribution in [-0.2, 0) is 13.0 Å². The second kappa shape index (κ2) is 5.49. The molecule has 0 radical (unpaired) electrons. The molecular weight excluding hydrogens is 290 g/mol. The summed E-state index contributed by atoms with van der Waals surface area (Å²) in [6.07, 6.45) is 2.44. The van der Waals surface area contributed by atoms with E-state index in [2.05, 4.69) is 20.5 Å². The Hall–Kier alpha value is -2.48. The number of nitrogens with zero attached hydrogens (tertiary/aromatic N) is 3. The van der Waals surface area contributed by atoms with Gasteiger partial charge in [0.1, 0.15) is 0 Å². The smallest absolute Gasteiger partial charge is 0.346 e. The van der Waals surface area contributed by atoms with Gasteiger partial charge in [-0.15, -0.1) is 11.3 Å². The van der Waals surface area contributed by atoms with Crippen molar-refractivity contribution in [2.75, 3.05) is 0 Å². The molecule has 0 saturated carbocycles. The SMILES string of the molecule is CCc1nc(CNC(=O)c2cccn3c(=O)[nH]nc23)cs1. The van der Waals surface area contributed by atoms with Crippen molar-refractivity contribution in [3.05, 3.63) is 50.5 Å². The lowest BCUT2D eigenvalue weighted by Gasteiger charge is -2.04. The van der Waals surface area contributed by atoms with E-state index in [1.807, 2.05) is 12.3 Å². The van der Waals surface area contributed by atoms with Crippen molar-refractivity contribution >= 4 is 22.9 Å². The van der Waals surface area contributed by atoms with Crippen LogP contribution < -0.4 is 11.0 Å². The molecule has 8 heteroatoms. The first-order valence-electron chi connectivity index (χ1n) is 6.46. The lowest BCUT2D eigenvalue weighted by atomic mass is 10.2. The second-order valence-corrected chi connectivity index (χ2v) is 5.36. The number of carbonyl (C=O) groups excluding carboxylic acids is 1. The van der Waals surface area contributed by atoms with Crippen molar-refractivity contribution in [2.45, 2.75) is 19.9 Å². The van der Waals surface area contributed by atoms with Gasteiger partial charge in [-0.1, -0.05) is 6.92 Å². The number of rotatable bonds is 4. The Balaban J connectivity index is 1.79. The Morgan fingerprint density at radius 1 is 1.52 bits per heavy atom. The van der Waals surface area contributed by atoms with E-state index in [9.17, 15) is 9.59 Å². The zero-order valence-electron chi connectivity index (χ0n) is 11.3. The number of hydrogen-bond donors (Lipinski definition) is 2.